The first-order chi connectivity index (χ1) is 24.0. The molecule has 5 N–H and O–H groups in total. The first kappa shape index (κ1) is 40.8. The first-order valence-electron chi connectivity index (χ1n) is 16.7. The Morgan fingerprint density at radius 3 is 2.57 bits per heavy atom. The SMILES string of the molecule is CCOC(=O)c1ccc([N-]C2c3cccc(OCCC4CCNCC4)c3CC(C)(C)N2C(=O)/C=C/c2c(N(N)/C=N/N)ccc(Cl)c2F)cc1.[K+]. The largest absolute Gasteiger partial charge is 1.00 e. The van der Waals surface area contributed by atoms with Gasteiger partial charge < -0.3 is 30.8 Å². The molecule has 1 fully saturated rings. The van der Waals surface area contributed by atoms with Crippen molar-refractivity contribution in [1.82, 2.24) is 10.2 Å². The quantitative estimate of drug-likeness (QED) is 0.0485. The van der Waals surface area contributed by atoms with Gasteiger partial charge in [0.15, 0.2) is 5.82 Å². The number of benzene rings is 3. The summed E-state index contributed by atoms with van der Waals surface area (Å²) >= 11 is 6.11. The summed E-state index contributed by atoms with van der Waals surface area (Å²) in [5.74, 6) is 11.1. The Kier molecular flexibility index (Phi) is 14.9. The average Bonchev–Trinajstić information content (AvgIpc) is 3.09. The minimum absolute atomic E-state index is 0. The minimum atomic E-state index is -0.786. The van der Waals surface area contributed by atoms with Gasteiger partial charge in [-0.3, -0.25) is 9.80 Å². The van der Waals surface area contributed by atoms with Crippen molar-refractivity contribution in [3.8, 4) is 5.75 Å². The van der Waals surface area contributed by atoms with Crippen LogP contribution in [0.5, 0.6) is 5.75 Å². The van der Waals surface area contributed by atoms with Gasteiger partial charge >= 0.3 is 57.4 Å². The third-order valence-electron chi connectivity index (χ3n) is 9.05. The number of anilines is 1. The van der Waals surface area contributed by atoms with Crippen LogP contribution in [0.3, 0.4) is 0 Å². The molecule has 2 heterocycles. The zero-order valence-corrected chi connectivity index (χ0v) is 33.5. The van der Waals surface area contributed by atoms with Crippen molar-refractivity contribution in [3.63, 3.8) is 0 Å². The summed E-state index contributed by atoms with van der Waals surface area (Å²) in [5, 5.41) is 12.8. The van der Waals surface area contributed by atoms with E-state index in [1.807, 2.05) is 32.0 Å². The molecule has 2 aliphatic rings. The van der Waals surface area contributed by atoms with Gasteiger partial charge in [-0.1, -0.05) is 35.9 Å². The number of hydrogen-bond donors (Lipinski definition) is 3. The van der Waals surface area contributed by atoms with Gasteiger partial charge in [0.05, 0.1) is 29.5 Å². The normalized spacial score (nSPS) is 17.1. The number of nitrogens with one attached hydrogen (secondary N) is 1. The molecule has 1 saturated heterocycles. The molecule has 3 aromatic carbocycles. The summed E-state index contributed by atoms with van der Waals surface area (Å²) in [6, 6.07) is 15.4. The molecule has 266 valence electrons. The van der Waals surface area contributed by atoms with Crippen molar-refractivity contribution < 1.29 is 74.8 Å². The van der Waals surface area contributed by atoms with Crippen LogP contribution in [0.4, 0.5) is 15.8 Å². The zero-order chi connectivity index (χ0) is 35.8. The Morgan fingerprint density at radius 2 is 1.88 bits per heavy atom. The molecular weight excluding hydrogens is 700 g/mol. The number of carbonyl (C=O) groups is 2. The number of nitrogens with two attached hydrogens (primary N) is 2. The smallest absolute Gasteiger partial charge is 0.661 e. The summed E-state index contributed by atoms with van der Waals surface area (Å²) < 4.78 is 26.9. The van der Waals surface area contributed by atoms with Crippen LogP contribution in [-0.4, -0.2) is 55.0 Å². The molecule has 2 aliphatic heterocycles. The van der Waals surface area contributed by atoms with Gasteiger partial charge in [-0.15, -0.1) is 5.69 Å². The van der Waals surface area contributed by atoms with E-state index < -0.39 is 29.4 Å². The molecule has 0 spiro atoms. The minimum Gasteiger partial charge on any atom is -0.661 e. The second kappa shape index (κ2) is 18.7. The fraction of sp³-hybridized carbons (Fsp3) is 0.378. The van der Waals surface area contributed by atoms with Crippen molar-refractivity contribution in [2.75, 3.05) is 31.3 Å². The number of ether oxygens (including phenoxy) is 2. The summed E-state index contributed by atoms with van der Waals surface area (Å²) in [4.78, 5) is 28.3. The first-order valence-corrected chi connectivity index (χ1v) is 17.1. The molecule has 1 unspecified atom stereocenters. The maximum Gasteiger partial charge on any atom is 1.00 e. The summed E-state index contributed by atoms with van der Waals surface area (Å²) in [6.07, 6.45) is 6.66. The van der Waals surface area contributed by atoms with E-state index in [9.17, 15) is 9.59 Å². The molecule has 1 atom stereocenters. The van der Waals surface area contributed by atoms with E-state index in [0.717, 1.165) is 60.6 Å². The number of fused-ring (bicyclic) bond motifs is 1. The van der Waals surface area contributed by atoms with Gasteiger partial charge in [0.2, 0.25) is 5.91 Å². The summed E-state index contributed by atoms with van der Waals surface area (Å²) in [5.41, 5.74) is 2.14. The predicted octanol–water partition coefficient (Wildman–Crippen LogP) is 3.59. The average molecular weight is 744 g/mol. The molecule has 51 heavy (non-hydrogen) atoms. The van der Waals surface area contributed by atoms with Crippen molar-refractivity contribution >= 4 is 47.3 Å². The van der Waals surface area contributed by atoms with Gasteiger partial charge in [-0.2, -0.15) is 5.10 Å². The van der Waals surface area contributed by atoms with Gasteiger partial charge in [0.1, 0.15) is 12.1 Å². The molecular formula is C37H44ClFKN7O4. The van der Waals surface area contributed by atoms with Gasteiger partial charge in [-0.25, -0.2) is 15.0 Å². The second-order valence-electron chi connectivity index (χ2n) is 12.9. The van der Waals surface area contributed by atoms with Gasteiger partial charge in [0.25, 0.3) is 0 Å². The zero-order valence-electron chi connectivity index (χ0n) is 29.6. The number of rotatable bonds is 12. The molecule has 0 aromatic heterocycles. The van der Waals surface area contributed by atoms with Crippen molar-refractivity contribution in [1.29, 1.82) is 0 Å². The van der Waals surface area contributed by atoms with Crippen molar-refractivity contribution in [2.45, 2.75) is 58.2 Å². The van der Waals surface area contributed by atoms with Crippen molar-refractivity contribution in [2.24, 2.45) is 22.7 Å². The third kappa shape index (κ3) is 9.90. The molecule has 0 radical (unpaired) electrons. The van der Waals surface area contributed by atoms with Crippen LogP contribution < -0.4 is 78.1 Å². The maximum absolute atomic E-state index is 15.3. The Labute approximate surface area is 346 Å². The number of nitrogens with zero attached hydrogens (tertiary/aromatic N) is 4. The number of piperidine rings is 1. The number of halogens is 2. The van der Waals surface area contributed by atoms with Crippen LogP contribution in [0.2, 0.25) is 5.02 Å². The molecule has 11 nitrogen and oxygen atoms in total. The third-order valence-corrected chi connectivity index (χ3v) is 9.35. The number of esters is 1. The molecule has 0 bridgehead atoms. The molecule has 1 amide bonds. The van der Waals surface area contributed by atoms with Crippen LogP contribution in [0.1, 0.15) is 73.2 Å². The monoisotopic (exact) mass is 743 g/mol. The van der Waals surface area contributed by atoms with E-state index in [-0.39, 0.29) is 74.3 Å². The van der Waals surface area contributed by atoms with Crippen LogP contribution in [0, 0.1) is 11.7 Å². The van der Waals surface area contributed by atoms with E-state index in [2.05, 4.69) is 10.4 Å². The van der Waals surface area contributed by atoms with E-state index in [1.165, 1.54) is 24.3 Å². The standard InChI is InChI=1S/C37H45ClFN7O4.K/c1-4-49-36(48)25-8-10-26(11-9-25)44-35-27-6-5-7-32(50-21-18-24-16-19-42-20-17-24)29(27)22-37(2,3)46(35)33(47)15-12-28-31(45(41)23-43-40)14-13-30(38)34(28)39;/h5-15,23-24,35,42H,4,16-22,40-41H2,1-3H3,(H,44,48);/q;+1/p-1/b15-12+,43-23+;. The Hall–Kier alpha value is -3.01. The number of hydrazone groups is 1. The van der Waals surface area contributed by atoms with E-state index in [1.54, 1.807) is 36.1 Å². The van der Waals surface area contributed by atoms with Crippen LogP contribution >= 0.6 is 11.6 Å². The van der Waals surface area contributed by atoms with E-state index in [0.29, 0.717) is 30.2 Å². The van der Waals surface area contributed by atoms with Crippen LogP contribution in [0.25, 0.3) is 11.4 Å². The molecule has 3 aromatic rings. The van der Waals surface area contributed by atoms with E-state index in [4.69, 9.17) is 38.1 Å². The summed E-state index contributed by atoms with van der Waals surface area (Å²) in [6.45, 7) is 8.58. The Balaban J connectivity index is 0.00000583. The predicted molar refractivity (Wildman–Crippen MR) is 195 cm³/mol. The van der Waals surface area contributed by atoms with Gasteiger partial charge in [-0.05, 0) is 114 Å². The fourth-order valence-electron chi connectivity index (χ4n) is 6.54. The molecule has 0 aliphatic carbocycles. The van der Waals surface area contributed by atoms with Crippen molar-refractivity contribution in [3.05, 3.63) is 99.1 Å². The molecule has 14 heteroatoms. The molecule has 5 rings (SSSR count). The number of hydrogen-bond acceptors (Lipinski definition) is 8. The summed E-state index contributed by atoms with van der Waals surface area (Å²) in [7, 11) is 0. The number of hydrazine groups is 1. The Bertz CT molecular complexity index is 1730. The Morgan fingerprint density at radius 1 is 1.16 bits per heavy atom. The van der Waals surface area contributed by atoms with E-state index >= 15 is 4.39 Å². The topological polar surface area (TPSA) is 150 Å². The number of carbonyl (C=O) groups excluding carboxylic acids is 2. The van der Waals surface area contributed by atoms with Crippen LogP contribution in [-0.2, 0) is 16.0 Å². The molecule has 0 saturated carbocycles. The number of amides is 1. The van der Waals surface area contributed by atoms with Crippen LogP contribution in [0.15, 0.2) is 65.8 Å². The van der Waals surface area contributed by atoms with Gasteiger partial charge in [0, 0.05) is 22.7 Å². The maximum atomic E-state index is 15.3. The fourth-order valence-corrected chi connectivity index (χ4v) is 6.70. The second-order valence-corrected chi connectivity index (χ2v) is 13.3.